The number of carbonyl (C=O) groups excluding carboxylic acids is 2. The van der Waals surface area contributed by atoms with E-state index in [1.54, 1.807) is 34.6 Å². The fraction of sp³-hybridized carbons (Fsp3) is 0.579. The lowest BCUT2D eigenvalue weighted by atomic mass is 9.61. The van der Waals surface area contributed by atoms with Gasteiger partial charge in [0.15, 0.2) is 0 Å². The third-order valence-electron chi connectivity index (χ3n) is 4.22. The highest BCUT2D eigenvalue weighted by Gasteiger charge is 2.37. The molecule has 0 heterocycles. The van der Waals surface area contributed by atoms with Crippen LogP contribution in [-0.2, 0) is 25.7 Å². The summed E-state index contributed by atoms with van der Waals surface area (Å²) in [6.45, 7) is 7.33. The Balaban J connectivity index is 3.02. The molecule has 0 aliphatic rings. The van der Waals surface area contributed by atoms with Crippen molar-refractivity contribution in [1.82, 2.24) is 5.06 Å². The zero-order valence-corrected chi connectivity index (χ0v) is 16.9. The third-order valence-corrected chi connectivity index (χ3v) is 4.22. The Morgan fingerprint density at radius 2 is 1.64 bits per heavy atom. The molecular formula is C19H25B2F2NO4. The highest BCUT2D eigenvalue weighted by atomic mass is 19.1. The van der Waals surface area contributed by atoms with Crippen molar-refractivity contribution >= 4 is 27.6 Å². The molecule has 9 heteroatoms. The molecule has 150 valence electrons. The number of halogens is 2. The first-order chi connectivity index (χ1) is 12.8. The van der Waals surface area contributed by atoms with E-state index >= 15 is 0 Å². The van der Waals surface area contributed by atoms with Crippen LogP contribution in [0.5, 0.6) is 0 Å². The number of benzene rings is 1. The Hall–Kier alpha value is -1.89. The number of amides is 1. The van der Waals surface area contributed by atoms with Gasteiger partial charge in [-0.15, -0.1) is 0 Å². The minimum atomic E-state index is -1.13. The van der Waals surface area contributed by atoms with Gasteiger partial charge in [0.25, 0.3) is 5.91 Å². The van der Waals surface area contributed by atoms with Crippen molar-refractivity contribution in [2.45, 2.75) is 53.3 Å². The SMILES string of the molecule is [B]CC([B])C(C)(C)C(=O)N(Cc1cc(F)cc(F)c1)OCOC(=O)C(C)(C)C. The predicted octanol–water partition coefficient (Wildman–Crippen LogP) is 3.34. The lowest BCUT2D eigenvalue weighted by Gasteiger charge is -2.35. The molecule has 0 spiro atoms. The van der Waals surface area contributed by atoms with Crippen LogP contribution in [0.15, 0.2) is 18.2 Å². The maximum absolute atomic E-state index is 13.5. The molecule has 28 heavy (non-hydrogen) atoms. The van der Waals surface area contributed by atoms with Crippen molar-refractivity contribution in [2.24, 2.45) is 10.8 Å². The van der Waals surface area contributed by atoms with Crippen molar-refractivity contribution in [1.29, 1.82) is 0 Å². The molecule has 0 fully saturated rings. The number of rotatable bonds is 8. The number of ether oxygens (including phenoxy) is 1. The summed E-state index contributed by atoms with van der Waals surface area (Å²) in [4.78, 5) is 30.2. The standard InChI is InChI=1S/C19H25B2F2NO4/c1-18(2,3)17(26)27-11-28-24(16(25)19(4,5)15(21)9-20)10-12-6-13(22)8-14(23)7-12/h6-8,15H,9-11H2,1-5H3. The smallest absolute Gasteiger partial charge is 0.313 e. The number of carbonyl (C=O) groups is 2. The quantitative estimate of drug-likeness (QED) is 0.295. The molecule has 1 amide bonds. The second-order valence-electron chi connectivity index (χ2n) is 8.11. The zero-order chi connectivity index (χ0) is 21.7. The largest absolute Gasteiger partial charge is 0.436 e. The number of esters is 1. The predicted molar refractivity (Wildman–Crippen MR) is 102 cm³/mol. The van der Waals surface area contributed by atoms with E-state index in [9.17, 15) is 18.4 Å². The van der Waals surface area contributed by atoms with E-state index in [1.165, 1.54) is 0 Å². The van der Waals surface area contributed by atoms with Gasteiger partial charge in [-0.1, -0.05) is 26.0 Å². The topological polar surface area (TPSA) is 55.8 Å². The van der Waals surface area contributed by atoms with E-state index in [0.717, 1.165) is 23.3 Å². The molecule has 0 aliphatic carbocycles. The number of hydrogen-bond acceptors (Lipinski definition) is 4. The van der Waals surface area contributed by atoms with Gasteiger partial charge in [-0.25, -0.2) is 18.7 Å². The molecule has 4 radical (unpaired) electrons. The summed E-state index contributed by atoms with van der Waals surface area (Å²) < 4.78 is 32.0. The molecule has 1 aromatic carbocycles. The van der Waals surface area contributed by atoms with E-state index in [0.29, 0.717) is 0 Å². The van der Waals surface area contributed by atoms with Gasteiger partial charge in [0.2, 0.25) is 6.79 Å². The number of hydroxylamine groups is 2. The van der Waals surface area contributed by atoms with Gasteiger partial charge in [-0.05, 0) is 38.5 Å². The summed E-state index contributed by atoms with van der Waals surface area (Å²) in [7, 11) is 11.5. The molecule has 5 nitrogen and oxygen atoms in total. The molecule has 0 bridgehead atoms. The molecule has 1 unspecified atom stereocenters. The van der Waals surface area contributed by atoms with Crippen LogP contribution in [0.2, 0.25) is 12.1 Å². The molecule has 1 atom stereocenters. The Kier molecular flexibility index (Phi) is 8.23. The first-order valence-electron chi connectivity index (χ1n) is 8.81. The van der Waals surface area contributed by atoms with Crippen molar-refractivity contribution in [2.75, 3.05) is 6.79 Å². The van der Waals surface area contributed by atoms with Gasteiger partial charge in [0.1, 0.15) is 11.6 Å². The Labute approximate surface area is 167 Å². The van der Waals surface area contributed by atoms with Crippen LogP contribution in [0.25, 0.3) is 0 Å². The maximum atomic E-state index is 13.5. The average Bonchev–Trinajstić information content (AvgIpc) is 2.57. The van der Waals surface area contributed by atoms with Gasteiger partial charge in [-0.3, -0.25) is 9.59 Å². The molecule has 1 aromatic rings. The average molecular weight is 391 g/mol. The van der Waals surface area contributed by atoms with Gasteiger partial charge in [0, 0.05) is 11.5 Å². The maximum Gasteiger partial charge on any atom is 0.313 e. The van der Waals surface area contributed by atoms with Crippen LogP contribution in [0.3, 0.4) is 0 Å². The second kappa shape index (κ2) is 9.54. The Morgan fingerprint density at radius 1 is 1.11 bits per heavy atom. The highest BCUT2D eigenvalue weighted by molar-refractivity contribution is 6.20. The van der Waals surface area contributed by atoms with Gasteiger partial charge < -0.3 is 4.74 Å². The summed E-state index contributed by atoms with van der Waals surface area (Å²) in [6, 6.07) is 2.86. The molecule has 0 saturated heterocycles. The third kappa shape index (κ3) is 6.62. The molecule has 1 rings (SSSR count). The molecule has 0 aromatic heterocycles. The lowest BCUT2D eigenvalue weighted by molar-refractivity contribution is -0.236. The zero-order valence-electron chi connectivity index (χ0n) is 16.9. The first-order valence-corrected chi connectivity index (χ1v) is 8.81. The summed E-state index contributed by atoms with van der Waals surface area (Å²) in [5, 5.41) is 0.875. The summed E-state index contributed by atoms with van der Waals surface area (Å²) in [5.41, 5.74) is -1.73. The number of nitrogens with zero attached hydrogens (tertiary/aromatic N) is 1. The van der Waals surface area contributed by atoms with Crippen LogP contribution in [0.4, 0.5) is 8.78 Å². The normalized spacial score (nSPS) is 13.1. The van der Waals surface area contributed by atoms with Crippen LogP contribution >= 0.6 is 0 Å². The molecule has 0 N–H and O–H groups in total. The molecule has 0 saturated carbocycles. The fourth-order valence-electron chi connectivity index (χ4n) is 2.18. The van der Waals surface area contributed by atoms with Gasteiger partial charge in [-0.2, -0.15) is 0 Å². The summed E-state index contributed by atoms with van der Waals surface area (Å²) in [5.74, 6) is -3.37. The monoisotopic (exact) mass is 391 g/mol. The second-order valence-corrected chi connectivity index (χ2v) is 8.11. The van der Waals surface area contributed by atoms with Crippen molar-refractivity contribution in [3.05, 3.63) is 35.4 Å². The van der Waals surface area contributed by atoms with Crippen molar-refractivity contribution < 1.29 is 27.9 Å². The minimum absolute atomic E-state index is 0.0418. The van der Waals surface area contributed by atoms with Crippen LogP contribution < -0.4 is 0 Å². The van der Waals surface area contributed by atoms with E-state index in [2.05, 4.69) is 0 Å². The van der Waals surface area contributed by atoms with E-state index in [1.807, 2.05) is 0 Å². The minimum Gasteiger partial charge on any atom is -0.436 e. The van der Waals surface area contributed by atoms with Crippen LogP contribution in [0.1, 0.15) is 40.2 Å². The van der Waals surface area contributed by atoms with Crippen molar-refractivity contribution in [3.8, 4) is 0 Å². The van der Waals surface area contributed by atoms with Gasteiger partial charge in [0.05, 0.1) is 27.7 Å². The first kappa shape index (κ1) is 24.1. The van der Waals surface area contributed by atoms with Crippen LogP contribution in [0, 0.1) is 22.5 Å². The number of hydrogen-bond donors (Lipinski definition) is 0. The van der Waals surface area contributed by atoms with Crippen LogP contribution in [-0.4, -0.2) is 39.4 Å². The Bertz CT molecular complexity index is 687. The highest BCUT2D eigenvalue weighted by Crippen LogP contribution is 2.34. The fourth-order valence-corrected chi connectivity index (χ4v) is 2.18. The molecular weight excluding hydrogens is 366 g/mol. The van der Waals surface area contributed by atoms with E-state index < -0.39 is 47.0 Å². The summed E-state index contributed by atoms with van der Waals surface area (Å²) >= 11 is 0. The molecule has 0 aliphatic heterocycles. The summed E-state index contributed by atoms with van der Waals surface area (Å²) in [6.07, 6.45) is 0.0418. The Morgan fingerprint density at radius 3 is 2.11 bits per heavy atom. The van der Waals surface area contributed by atoms with E-state index in [4.69, 9.17) is 25.3 Å². The van der Waals surface area contributed by atoms with E-state index in [-0.39, 0.29) is 18.4 Å². The lowest BCUT2D eigenvalue weighted by Crippen LogP contribution is -2.43. The van der Waals surface area contributed by atoms with Crippen molar-refractivity contribution in [3.63, 3.8) is 0 Å². The van der Waals surface area contributed by atoms with Gasteiger partial charge >= 0.3 is 5.97 Å².